The molecule has 6 rings (SSSR count). The predicted octanol–water partition coefficient (Wildman–Crippen LogP) is 3.23. The Morgan fingerprint density at radius 1 is 1.09 bits per heavy atom. The number of aryl methyl sites for hydroxylation is 1. The van der Waals surface area contributed by atoms with Crippen LogP contribution in [0.2, 0.25) is 0 Å². The van der Waals surface area contributed by atoms with Gasteiger partial charge in [0.05, 0.1) is 22.3 Å². The van der Waals surface area contributed by atoms with E-state index in [-0.39, 0.29) is 11.9 Å². The molecule has 0 unspecified atom stereocenters. The molecule has 1 amide bonds. The zero-order valence-corrected chi connectivity index (χ0v) is 18.3. The molecule has 6 nitrogen and oxygen atoms in total. The largest absolute Gasteiger partial charge is 0.369 e. The Labute approximate surface area is 188 Å². The van der Waals surface area contributed by atoms with E-state index >= 15 is 0 Å². The lowest BCUT2D eigenvalue weighted by atomic mass is 9.91. The van der Waals surface area contributed by atoms with Gasteiger partial charge in [0.15, 0.2) is 0 Å². The first-order valence-corrected chi connectivity index (χ1v) is 11.8. The second-order valence-electron chi connectivity index (χ2n) is 9.70. The van der Waals surface area contributed by atoms with Gasteiger partial charge in [0.2, 0.25) is 5.91 Å². The van der Waals surface area contributed by atoms with Gasteiger partial charge in [0.1, 0.15) is 0 Å². The highest BCUT2D eigenvalue weighted by molar-refractivity contribution is 5.97. The second kappa shape index (κ2) is 7.27. The van der Waals surface area contributed by atoms with Crippen molar-refractivity contribution in [2.75, 3.05) is 18.0 Å². The van der Waals surface area contributed by atoms with E-state index in [9.17, 15) is 4.79 Å². The summed E-state index contributed by atoms with van der Waals surface area (Å²) in [6, 6.07) is 10.8. The molecule has 3 aromatic rings. The van der Waals surface area contributed by atoms with Gasteiger partial charge in [-0.25, -0.2) is 0 Å². The second-order valence-corrected chi connectivity index (χ2v) is 9.70. The summed E-state index contributed by atoms with van der Waals surface area (Å²) < 4.78 is 0. The van der Waals surface area contributed by atoms with Crippen LogP contribution >= 0.6 is 0 Å². The van der Waals surface area contributed by atoms with Gasteiger partial charge in [-0.1, -0.05) is 6.07 Å². The van der Waals surface area contributed by atoms with Gasteiger partial charge >= 0.3 is 0 Å². The van der Waals surface area contributed by atoms with Gasteiger partial charge in [0.25, 0.3) is 0 Å². The zero-order chi connectivity index (χ0) is 21.9. The molecule has 1 saturated heterocycles. The Bertz CT molecular complexity index is 1230. The zero-order valence-electron chi connectivity index (χ0n) is 18.3. The molecule has 2 aliphatic carbocycles. The summed E-state index contributed by atoms with van der Waals surface area (Å²) in [7, 11) is 0. The summed E-state index contributed by atoms with van der Waals surface area (Å²) in [5, 5.41) is 1.20. The van der Waals surface area contributed by atoms with Crippen molar-refractivity contribution in [1.29, 1.82) is 0 Å². The molecule has 1 atom stereocenters. The average Bonchev–Trinajstić information content (AvgIpc) is 3.53. The molecule has 2 fully saturated rings. The van der Waals surface area contributed by atoms with Crippen molar-refractivity contribution < 1.29 is 4.79 Å². The molecule has 0 bridgehead atoms. The van der Waals surface area contributed by atoms with E-state index in [0.29, 0.717) is 0 Å². The summed E-state index contributed by atoms with van der Waals surface area (Å²) in [6.45, 7) is 1.90. The molecule has 0 spiro atoms. The number of hydrogen-bond acceptors (Lipinski definition) is 5. The Balaban J connectivity index is 1.50. The molecule has 164 valence electrons. The lowest BCUT2D eigenvalue weighted by Crippen LogP contribution is -2.29. The summed E-state index contributed by atoms with van der Waals surface area (Å²) in [4.78, 5) is 24.1. The fourth-order valence-electron chi connectivity index (χ4n) is 5.56. The average molecular weight is 428 g/mol. The molecule has 3 heterocycles. The normalized spacial score (nSPS) is 21.5. The number of amides is 1. The van der Waals surface area contributed by atoms with E-state index in [2.05, 4.69) is 28.1 Å². The minimum atomic E-state index is -0.579. The molecule has 1 saturated carbocycles. The third kappa shape index (κ3) is 3.08. The molecule has 4 N–H and O–H groups in total. The van der Waals surface area contributed by atoms with Crippen molar-refractivity contribution in [3.8, 4) is 11.1 Å². The van der Waals surface area contributed by atoms with Gasteiger partial charge in [-0.15, -0.1) is 0 Å². The number of nitrogens with two attached hydrogens (primary N) is 2. The van der Waals surface area contributed by atoms with Crippen molar-refractivity contribution in [2.24, 2.45) is 11.5 Å². The fourth-order valence-corrected chi connectivity index (χ4v) is 5.56. The minimum Gasteiger partial charge on any atom is -0.369 e. The van der Waals surface area contributed by atoms with E-state index in [1.165, 1.54) is 35.2 Å². The highest BCUT2D eigenvalue weighted by Gasteiger charge is 2.51. The molecule has 1 aliphatic heterocycles. The van der Waals surface area contributed by atoms with Crippen molar-refractivity contribution in [3.63, 3.8) is 0 Å². The molecule has 0 radical (unpaired) electrons. The van der Waals surface area contributed by atoms with Crippen LogP contribution in [0.15, 0.2) is 36.5 Å². The maximum absolute atomic E-state index is 12.0. The van der Waals surface area contributed by atoms with Crippen LogP contribution in [0, 0.1) is 0 Å². The van der Waals surface area contributed by atoms with E-state index in [1.807, 2.05) is 12.1 Å². The number of aromatic nitrogens is 2. The number of carbonyl (C=O) groups is 1. The first kappa shape index (κ1) is 19.7. The summed E-state index contributed by atoms with van der Waals surface area (Å²) >= 11 is 0. The number of pyridine rings is 2. The summed E-state index contributed by atoms with van der Waals surface area (Å²) in [6.07, 6.45) is 8.97. The highest BCUT2D eigenvalue weighted by Crippen LogP contribution is 2.48. The number of rotatable bonds is 4. The van der Waals surface area contributed by atoms with Crippen molar-refractivity contribution in [1.82, 2.24) is 9.97 Å². The molecular weight excluding hydrogens is 398 g/mol. The molecule has 32 heavy (non-hydrogen) atoms. The maximum atomic E-state index is 12.0. The number of anilines is 1. The van der Waals surface area contributed by atoms with E-state index in [0.717, 1.165) is 67.5 Å². The highest BCUT2D eigenvalue weighted by atomic mass is 16.1. The van der Waals surface area contributed by atoms with Crippen molar-refractivity contribution in [2.45, 2.75) is 56.4 Å². The number of nitrogens with zero attached hydrogens (tertiary/aromatic N) is 3. The molecule has 2 aromatic heterocycles. The monoisotopic (exact) mass is 427 g/mol. The fraction of sp³-hybridized carbons (Fsp3) is 0.423. The number of primary amides is 1. The first-order chi connectivity index (χ1) is 15.5. The van der Waals surface area contributed by atoms with Crippen LogP contribution < -0.4 is 16.4 Å². The summed E-state index contributed by atoms with van der Waals surface area (Å²) in [5.74, 6) is -0.274. The summed E-state index contributed by atoms with van der Waals surface area (Å²) in [5.41, 5.74) is 19.4. The smallest absolute Gasteiger partial charge is 0.229 e. The van der Waals surface area contributed by atoms with Crippen LogP contribution in [0.5, 0.6) is 0 Å². The van der Waals surface area contributed by atoms with Crippen LogP contribution in [0.3, 0.4) is 0 Å². The SMILES string of the molecule is NC(=O)C1(c2cc(-c3ccc4nc5c(c(N6CC[C@H](N)C6)c4c3)CCCC5)ccn2)CC1. The molecule has 1 aromatic carbocycles. The lowest BCUT2D eigenvalue weighted by Gasteiger charge is -2.28. The quantitative estimate of drug-likeness (QED) is 0.666. The third-order valence-electron chi connectivity index (χ3n) is 7.58. The van der Waals surface area contributed by atoms with E-state index in [1.54, 1.807) is 6.20 Å². The standard InChI is InChI=1S/C26H29N5O/c27-18-8-12-31(15-18)24-19-3-1-2-4-21(19)30-22-6-5-16(13-20(22)24)17-7-11-29-23(14-17)26(9-10-26)25(28)32/h5-7,11,13-14,18H,1-4,8-10,12,15,27H2,(H2,28,32)/t18-/m0/s1. The Morgan fingerprint density at radius 3 is 2.66 bits per heavy atom. The molecular formula is C26H29N5O. The lowest BCUT2D eigenvalue weighted by molar-refractivity contribution is -0.120. The number of hydrogen-bond donors (Lipinski definition) is 2. The van der Waals surface area contributed by atoms with Gasteiger partial charge in [-0.3, -0.25) is 14.8 Å². The van der Waals surface area contributed by atoms with Gasteiger partial charge in [-0.2, -0.15) is 0 Å². The van der Waals surface area contributed by atoms with Crippen molar-refractivity contribution >= 4 is 22.5 Å². The van der Waals surface area contributed by atoms with Crippen LogP contribution in [0.25, 0.3) is 22.0 Å². The van der Waals surface area contributed by atoms with E-state index < -0.39 is 5.41 Å². The van der Waals surface area contributed by atoms with Crippen LogP contribution in [0.1, 0.15) is 49.1 Å². The van der Waals surface area contributed by atoms with Crippen LogP contribution in [-0.2, 0) is 23.1 Å². The van der Waals surface area contributed by atoms with Crippen LogP contribution in [0.4, 0.5) is 5.69 Å². The van der Waals surface area contributed by atoms with E-state index in [4.69, 9.17) is 16.5 Å². The molecule has 6 heteroatoms. The number of carbonyl (C=O) groups excluding carboxylic acids is 1. The number of fused-ring (bicyclic) bond motifs is 2. The first-order valence-electron chi connectivity index (χ1n) is 11.8. The topological polar surface area (TPSA) is 98.1 Å². The maximum Gasteiger partial charge on any atom is 0.229 e. The Hall–Kier alpha value is -2.99. The molecule has 3 aliphatic rings. The van der Waals surface area contributed by atoms with Gasteiger partial charge < -0.3 is 16.4 Å². The van der Waals surface area contributed by atoms with Gasteiger partial charge in [-0.05, 0) is 85.9 Å². The van der Waals surface area contributed by atoms with Crippen molar-refractivity contribution in [3.05, 3.63) is 53.5 Å². The predicted molar refractivity (Wildman–Crippen MR) is 127 cm³/mol. The third-order valence-corrected chi connectivity index (χ3v) is 7.58. The van der Waals surface area contributed by atoms with Gasteiger partial charge in [0, 0.05) is 36.4 Å². The van der Waals surface area contributed by atoms with Crippen LogP contribution in [-0.4, -0.2) is 35.0 Å². The Morgan fingerprint density at radius 2 is 1.91 bits per heavy atom. The minimum absolute atomic E-state index is 0.229. The number of benzene rings is 1. The Kier molecular flexibility index (Phi) is 4.47.